The van der Waals surface area contributed by atoms with E-state index in [9.17, 15) is 4.79 Å². The Hall–Kier alpha value is -2.71. The van der Waals surface area contributed by atoms with Crippen LogP contribution in [0.5, 0.6) is 0 Å². The molecule has 1 saturated heterocycles. The maximum Gasteiger partial charge on any atom is 0.268 e. The van der Waals surface area contributed by atoms with Crippen LogP contribution in [-0.2, 0) is 0 Å². The summed E-state index contributed by atoms with van der Waals surface area (Å²) >= 11 is 1.29. The van der Waals surface area contributed by atoms with E-state index >= 15 is 0 Å². The first kappa shape index (κ1) is 16.7. The van der Waals surface area contributed by atoms with E-state index in [1.165, 1.54) is 11.3 Å². The van der Waals surface area contributed by atoms with Crippen LogP contribution in [0.3, 0.4) is 0 Å². The van der Waals surface area contributed by atoms with Crippen molar-refractivity contribution in [2.75, 3.05) is 43.4 Å². The minimum absolute atomic E-state index is 0.222. The van der Waals surface area contributed by atoms with Crippen LogP contribution >= 0.6 is 11.3 Å². The van der Waals surface area contributed by atoms with Crippen molar-refractivity contribution in [2.45, 2.75) is 0 Å². The van der Waals surface area contributed by atoms with E-state index in [2.05, 4.69) is 32.1 Å². The van der Waals surface area contributed by atoms with Gasteiger partial charge in [0.15, 0.2) is 10.8 Å². The number of furan rings is 1. The lowest BCUT2D eigenvalue weighted by molar-refractivity contribution is 0.103. The van der Waals surface area contributed by atoms with Crippen LogP contribution in [0.25, 0.3) is 10.8 Å². The Morgan fingerprint density at radius 1 is 1.15 bits per heavy atom. The molecule has 7 nitrogen and oxygen atoms in total. The first-order chi connectivity index (χ1) is 12.7. The summed E-state index contributed by atoms with van der Waals surface area (Å²) in [5, 5.41) is 3.50. The smallest absolute Gasteiger partial charge is 0.268 e. The Kier molecular flexibility index (Phi) is 4.68. The van der Waals surface area contributed by atoms with Gasteiger partial charge in [-0.05, 0) is 31.3 Å². The van der Waals surface area contributed by atoms with Crippen molar-refractivity contribution in [3.8, 4) is 10.8 Å². The molecule has 3 aromatic heterocycles. The topological polar surface area (TPSA) is 74.5 Å². The third-order valence-electron chi connectivity index (χ3n) is 4.32. The van der Waals surface area contributed by atoms with Crippen molar-refractivity contribution in [1.82, 2.24) is 14.9 Å². The molecule has 0 radical (unpaired) electrons. The van der Waals surface area contributed by atoms with Gasteiger partial charge in [0.1, 0.15) is 10.7 Å². The van der Waals surface area contributed by atoms with Gasteiger partial charge in [-0.3, -0.25) is 4.79 Å². The minimum Gasteiger partial charge on any atom is -0.462 e. The number of hydrogen-bond acceptors (Lipinski definition) is 7. The van der Waals surface area contributed by atoms with Crippen LogP contribution in [0.15, 0.2) is 47.3 Å². The summed E-state index contributed by atoms with van der Waals surface area (Å²) in [6, 6.07) is 7.44. The fraction of sp³-hybridized carbons (Fsp3) is 0.278. The third kappa shape index (κ3) is 3.61. The normalized spacial score (nSPS) is 15.2. The number of rotatable bonds is 4. The van der Waals surface area contributed by atoms with Gasteiger partial charge in [0.25, 0.3) is 5.91 Å². The molecule has 1 fully saturated rings. The van der Waals surface area contributed by atoms with Gasteiger partial charge < -0.3 is 19.5 Å². The molecule has 0 bridgehead atoms. The highest BCUT2D eigenvalue weighted by Gasteiger charge is 2.16. The lowest BCUT2D eigenvalue weighted by Crippen LogP contribution is -2.44. The summed E-state index contributed by atoms with van der Waals surface area (Å²) < 4.78 is 5.30. The van der Waals surface area contributed by atoms with E-state index in [-0.39, 0.29) is 5.91 Å². The Bertz CT molecular complexity index is 867. The molecule has 4 heterocycles. The number of amides is 1. The quantitative estimate of drug-likeness (QED) is 0.762. The molecule has 0 saturated carbocycles. The highest BCUT2D eigenvalue weighted by atomic mass is 32.1. The molecular weight excluding hydrogens is 350 g/mol. The lowest BCUT2D eigenvalue weighted by Gasteiger charge is -2.33. The third-order valence-corrected chi connectivity index (χ3v) is 5.33. The van der Waals surface area contributed by atoms with E-state index in [0.29, 0.717) is 21.5 Å². The van der Waals surface area contributed by atoms with Gasteiger partial charge in [0.05, 0.1) is 24.3 Å². The van der Waals surface area contributed by atoms with Crippen molar-refractivity contribution in [3.63, 3.8) is 0 Å². The fourth-order valence-electron chi connectivity index (χ4n) is 2.78. The molecule has 0 unspecified atom stereocenters. The van der Waals surface area contributed by atoms with Crippen LogP contribution in [-0.4, -0.2) is 54.0 Å². The highest BCUT2D eigenvalue weighted by Crippen LogP contribution is 2.26. The number of nitrogens with zero attached hydrogens (tertiary/aromatic N) is 4. The molecule has 26 heavy (non-hydrogen) atoms. The van der Waals surface area contributed by atoms with E-state index in [4.69, 9.17) is 4.42 Å². The summed E-state index contributed by atoms with van der Waals surface area (Å²) in [4.78, 5) is 26.1. The SMILES string of the molecule is CN1CCN(c2ccc(NC(=O)c3cnc(-c4ccco4)s3)nc2)CC1. The number of piperazine rings is 1. The van der Waals surface area contributed by atoms with Gasteiger partial charge in [-0.2, -0.15) is 0 Å². The van der Waals surface area contributed by atoms with Gasteiger partial charge in [-0.15, -0.1) is 11.3 Å². The predicted molar refractivity (Wildman–Crippen MR) is 102 cm³/mol. The van der Waals surface area contributed by atoms with E-state index in [1.807, 2.05) is 24.4 Å². The zero-order valence-electron chi connectivity index (χ0n) is 14.4. The maximum absolute atomic E-state index is 12.4. The summed E-state index contributed by atoms with van der Waals surface area (Å²) in [7, 11) is 2.13. The molecule has 0 aliphatic carbocycles. The van der Waals surface area contributed by atoms with Crippen LogP contribution in [0.1, 0.15) is 9.67 Å². The second kappa shape index (κ2) is 7.27. The first-order valence-corrected chi connectivity index (χ1v) is 9.21. The molecule has 0 spiro atoms. The number of thiazole rings is 1. The summed E-state index contributed by atoms with van der Waals surface area (Å²) in [5.74, 6) is 0.963. The lowest BCUT2D eigenvalue weighted by atomic mass is 10.3. The number of carbonyl (C=O) groups excluding carboxylic acids is 1. The van der Waals surface area contributed by atoms with Crippen molar-refractivity contribution in [1.29, 1.82) is 0 Å². The maximum atomic E-state index is 12.4. The molecule has 0 aromatic carbocycles. The first-order valence-electron chi connectivity index (χ1n) is 8.39. The number of hydrogen-bond donors (Lipinski definition) is 1. The van der Waals surface area contributed by atoms with Crippen LogP contribution in [0, 0.1) is 0 Å². The number of pyridine rings is 1. The largest absolute Gasteiger partial charge is 0.462 e. The van der Waals surface area contributed by atoms with E-state index in [0.717, 1.165) is 31.9 Å². The van der Waals surface area contributed by atoms with E-state index in [1.54, 1.807) is 18.5 Å². The Morgan fingerprint density at radius 3 is 2.69 bits per heavy atom. The van der Waals surface area contributed by atoms with Crippen molar-refractivity contribution in [2.24, 2.45) is 0 Å². The van der Waals surface area contributed by atoms with Gasteiger partial charge >= 0.3 is 0 Å². The van der Waals surface area contributed by atoms with Crippen LogP contribution in [0.2, 0.25) is 0 Å². The minimum atomic E-state index is -0.222. The summed E-state index contributed by atoms with van der Waals surface area (Å²) in [6.07, 6.45) is 4.95. The second-order valence-corrected chi connectivity index (χ2v) is 7.18. The summed E-state index contributed by atoms with van der Waals surface area (Å²) in [5.41, 5.74) is 1.08. The average Bonchev–Trinajstić information content (AvgIpc) is 3.35. The number of nitrogens with one attached hydrogen (secondary N) is 1. The average molecular weight is 369 g/mol. The molecule has 134 valence electrons. The summed E-state index contributed by atoms with van der Waals surface area (Å²) in [6.45, 7) is 4.06. The standard InChI is InChI=1S/C18H19N5O2S/c1-22-6-8-23(9-7-22)13-4-5-16(19-11-13)21-17(24)15-12-20-18(26-15)14-3-2-10-25-14/h2-5,10-12H,6-9H2,1H3,(H,19,21,24). The molecule has 1 aliphatic rings. The molecule has 8 heteroatoms. The number of aromatic nitrogens is 2. The van der Waals surface area contributed by atoms with Crippen molar-refractivity contribution >= 4 is 28.7 Å². The fourth-order valence-corrected chi connectivity index (χ4v) is 3.56. The van der Waals surface area contributed by atoms with Gasteiger partial charge in [-0.1, -0.05) is 0 Å². The molecule has 0 atom stereocenters. The van der Waals surface area contributed by atoms with Gasteiger partial charge in [-0.25, -0.2) is 9.97 Å². The zero-order chi connectivity index (χ0) is 17.9. The molecule has 1 aliphatic heterocycles. The zero-order valence-corrected chi connectivity index (χ0v) is 15.2. The Morgan fingerprint density at radius 2 is 2.00 bits per heavy atom. The molecule has 3 aromatic rings. The number of carbonyl (C=O) groups is 1. The number of likely N-dealkylation sites (N-methyl/N-ethyl adjacent to an activating group) is 1. The Labute approximate surface area is 155 Å². The van der Waals surface area contributed by atoms with Crippen LogP contribution < -0.4 is 10.2 Å². The molecule has 1 N–H and O–H groups in total. The van der Waals surface area contributed by atoms with Gasteiger partial charge in [0, 0.05) is 26.2 Å². The number of anilines is 2. The predicted octanol–water partition coefficient (Wildman–Crippen LogP) is 2.80. The molecular formula is C18H19N5O2S. The van der Waals surface area contributed by atoms with Crippen molar-refractivity contribution in [3.05, 3.63) is 47.8 Å². The monoisotopic (exact) mass is 369 g/mol. The molecule has 4 rings (SSSR count). The van der Waals surface area contributed by atoms with Crippen molar-refractivity contribution < 1.29 is 9.21 Å². The highest BCUT2D eigenvalue weighted by molar-refractivity contribution is 7.16. The Balaban J connectivity index is 1.40. The van der Waals surface area contributed by atoms with Gasteiger partial charge in [0.2, 0.25) is 0 Å². The van der Waals surface area contributed by atoms with Crippen LogP contribution in [0.4, 0.5) is 11.5 Å². The second-order valence-electron chi connectivity index (χ2n) is 6.15. The van der Waals surface area contributed by atoms with E-state index < -0.39 is 0 Å². The molecule has 1 amide bonds.